The number of hydrogen-bond donors (Lipinski definition) is 1. The van der Waals surface area contributed by atoms with Crippen molar-refractivity contribution in [1.29, 1.82) is 0 Å². The Bertz CT molecular complexity index is 426. The van der Waals surface area contributed by atoms with Crippen LogP contribution in [0.3, 0.4) is 0 Å². The van der Waals surface area contributed by atoms with Gasteiger partial charge in [0.15, 0.2) is 0 Å². The number of piperidine rings is 1. The highest BCUT2D eigenvalue weighted by Gasteiger charge is 2.32. The highest BCUT2D eigenvalue weighted by Crippen LogP contribution is 2.32. The zero-order chi connectivity index (χ0) is 13.1. The van der Waals surface area contributed by atoms with Gasteiger partial charge in [-0.3, -0.25) is 9.69 Å². The number of aliphatic carboxylic acids is 1. The van der Waals surface area contributed by atoms with Crippen LogP contribution in [-0.4, -0.2) is 29.1 Å². The lowest BCUT2D eigenvalue weighted by Gasteiger charge is -2.32. The molecule has 1 N–H and O–H groups in total. The first-order valence-electron chi connectivity index (χ1n) is 6.02. The van der Waals surface area contributed by atoms with E-state index < -0.39 is 17.8 Å². The van der Waals surface area contributed by atoms with E-state index >= 15 is 0 Å². The third-order valence-corrected chi connectivity index (χ3v) is 3.59. The van der Waals surface area contributed by atoms with E-state index in [0.29, 0.717) is 13.1 Å². The predicted molar refractivity (Wildman–Crippen MR) is 67.2 cm³/mol. The van der Waals surface area contributed by atoms with E-state index in [9.17, 15) is 14.3 Å². The molecule has 0 bridgehead atoms. The Hall–Kier alpha value is -1.13. The molecular weight excluding hydrogens is 257 g/mol. The Morgan fingerprint density at radius 1 is 1.33 bits per heavy atom. The van der Waals surface area contributed by atoms with Gasteiger partial charge < -0.3 is 5.11 Å². The predicted octanol–water partition coefficient (Wildman–Crippen LogP) is 3.09. The summed E-state index contributed by atoms with van der Waals surface area (Å²) in [7, 11) is 0. The summed E-state index contributed by atoms with van der Waals surface area (Å²) in [5.74, 6) is -1.61. The number of carboxylic acid groups (broad SMARTS) is 1. The third-order valence-electron chi connectivity index (χ3n) is 3.26. The smallest absolute Gasteiger partial charge is 0.325 e. The number of nitrogens with zero attached hydrogens (tertiary/aromatic N) is 1. The molecule has 3 nitrogen and oxygen atoms in total. The van der Waals surface area contributed by atoms with Gasteiger partial charge in [0.2, 0.25) is 0 Å². The summed E-state index contributed by atoms with van der Waals surface area (Å²) in [6.45, 7) is 1.34. The topological polar surface area (TPSA) is 40.5 Å². The van der Waals surface area contributed by atoms with Crippen molar-refractivity contribution in [3.8, 4) is 0 Å². The maximum Gasteiger partial charge on any atom is 0.325 e. The van der Waals surface area contributed by atoms with Crippen LogP contribution in [0.4, 0.5) is 4.39 Å². The first-order chi connectivity index (χ1) is 8.61. The summed E-state index contributed by atoms with van der Waals surface area (Å²) < 4.78 is 13.8. The van der Waals surface area contributed by atoms with E-state index in [1.165, 1.54) is 18.2 Å². The molecule has 5 heteroatoms. The fourth-order valence-corrected chi connectivity index (χ4v) is 2.68. The molecular formula is C13H15ClFNO2. The van der Waals surface area contributed by atoms with Crippen LogP contribution >= 0.6 is 11.6 Å². The molecule has 1 heterocycles. The van der Waals surface area contributed by atoms with E-state index in [1.54, 1.807) is 4.90 Å². The minimum absolute atomic E-state index is 0.0774. The van der Waals surface area contributed by atoms with E-state index in [2.05, 4.69) is 0 Å². The van der Waals surface area contributed by atoms with Gasteiger partial charge in [-0.25, -0.2) is 4.39 Å². The highest BCUT2D eigenvalue weighted by atomic mass is 35.5. The average molecular weight is 272 g/mol. The molecule has 18 heavy (non-hydrogen) atoms. The van der Waals surface area contributed by atoms with Gasteiger partial charge in [0, 0.05) is 10.6 Å². The van der Waals surface area contributed by atoms with Crippen LogP contribution in [0.1, 0.15) is 30.9 Å². The number of rotatable bonds is 3. The quantitative estimate of drug-likeness (QED) is 0.918. The molecule has 0 saturated carbocycles. The number of carboxylic acids is 1. The minimum Gasteiger partial charge on any atom is -0.480 e. The summed E-state index contributed by atoms with van der Waals surface area (Å²) in [4.78, 5) is 13.2. The first kappa shape index (κ1) is 13.3. The maximum absolute atomic E-state index is 13.8. The minimum atomic E-state index is -1.05. The lowest BCUT2D eigenvalue weighted by atomic mass is 10.0. The van der Waals surface area contributed by atoms with Gasteiger partial charge in [0.25, 0.3) is 0 Å². The molecule has 0 unspecified atom stereocenters. The van der Waals surface area contributed by atoms with Crippen LogP contribution in [0.5, 0.6) is 0 Å². The molecule has 1 aromatic rings. The van der Waals surface area contributed by atoms with E-state index in [0.717, 1.165) is 19.3 Å². The van der Waals surface area contributed by atoms with Crippen molar-refractivity contribution >= 4 is 17.6 Å². The zero-order valence-electron chi connectivity index (χ0n) is 9.90. The van der Waals surface area contributed by atoms with Crippen molar-refractivity contribution < 1.29 is 14.3 Å². The summed E-state index contributed by atoms with van der Waals surface area (Å²) in [6.07, 6.45) is 2.97. The number of halogens is 2. The van der Waals surface area contributed by atoms with Crippen LogP contribution in [0.25, 0.3) is 0 Å². The van der Waals surface area contributed by atoms with Crippen molar-refractivity contribution in [3.05, 3.63) is 34.6 Å². The van der Waals surface area contributed by atoms with E-state index in [4.69, 9.17) is 11.6 Å². The lowest BCUT2D eigenvalue weighted by Crippen LogP contribution is -2.38. The van der Waals surface area contributed by atoms with Crippen LogP contribution in [0.15, 0.2) is 18.2 Å². The second-order valence-corrected chi connectivity index (χ2v) is 4.88. The molecule has 98 valence electrons. The van der Waals surface area contributed by atoms with Crippen molar-refractivity contribution in [1.82, 2.24) is 4.90 Å². The Labute approximate surface area is 110 Å². The largest absolute Gasteiger partial charge is 0.480 e. The molecule has 0 radical (unpaired) electrons. The monoisotopic (exact) mass is 271 g/mol. The molecule has 0 aliphatic carbocycles. The van der Waals surface area contributed by atoms with Crippen molar-refractivity contribution in [2.75, 3.05) is 13.1 Å². The summed E-state index contributed by atoms with van der Waals surface area (Å²) >= 11 is 5.96. The molecule has 1 aliphatic rings. The molecule has 0 amide bonds. The molecule has 1 fully saturated rings. The van der Waals surface area contributed by atoms with E-state index in [-0.39, 0.29) is 10.6 Å². The Morgan fingerprint density at radius 2 is 2.00 bits per heavy atom. The third kappa shape index (κ3) is 2.65. The number of benzene rings is 1. The fraction of sp³-hybridized carbons (Fsp3) is 0.462. The van der Waals surface area contributed by atoms with Gasteiger partial charge in [-0.1, -0.05) is 24.1 Å². The maximum atomic E-state index is 13.8. The average Bonchev–Trinajstić information content (AvgIpc) is 2.34. The van der Waals surface area contributed by atoms with Crippen LogP contribution in [-0.2, 0) is 4.79 Å². The molecule has 0 spiro atoms. The molecule has 1 atom stereocenters. The lowest BCUT2D eigenvalue weighted by molar-refractivity contribution is -0.144. The van der Waals surface area contributed by atoms with Gasteiger partial charge in [-0.2, -0.15) is 0 Å². The number of carbonyl (C=O) groups is 1. The molecule has 1 aromatic carbocycles. The number of hydrogen-bond acceptors (Lipinski definition) is 2. The second kappa shape index (κ2) is 5.67. The van der Waals surface area contributed by atoms with Gasteiger partial charge >= 0.3 is 5.97 Å². The van der Waals surface area contributed by atoms with Gasteiger partial charge in [-0.15, -0.1) is 0 Å². The second-order valence-electron chi connectivity index (χ2n) is 4.47. The summed E-state index contributed by atoms with van der Waals surface area (Å²) in [5.41, 5.74) is 0.0774. The standard InChI is InChI=1S/C13H15ClFNO2/c14-9-5-4-6-10(15)11(9)12(13(17)18)16-7-2-1-3-8-16/h4-6,12H,1-3,7-8H2,(H,17,18)/t12-/m0/s1. The Kier molecular flexibility index (Phi) is 4.19. The van der Waals surface area contributed by atoms with Gasteiger partial charge in [-0.05, 0) is 38.1 Å². The number of likely N-dealkylation sites (tertiary alicyclic amines) is 1. The zero-order valence-corrected chi connectivity index (χ0v) is 10.7. The van der Waals surface area contributed by atoms with E-state index in [1.807, 2.05) is 0 Å². The molecule has 0 aromatic heterocycles. The fourth-order valence-electron chi connectivity index (χ4n) is 2.41. The summed E-state index contributed by atoms with van der Waals surface area (Å²) in [6, 6.07) is 3.27. The summed E-state index contributed by atoms with van der Waals surface area (Å²) in [5, 5.41) is 9.53. The molecule has 1 saturated heterocycles. The first-order valence-corrected chi connectivity index (χ1v) is 6.40. The van der Waals surface area contributed by atoms with Crippen molar-refractivity contribution in [3.63, 3.8) is 0 Å². The SMILES string of the molecule is O=C(O)[C@H](c1c(F)cccc1Cl)N1CCCCC1. The van der Waals surface area contributed by atoms with Crippen molar-refractivity contribution in [2.45, 2.75) is 25.3 Å². The van der Waals surface area contributed by atoms with Crippen LogP contribution in [0, 0.1) is 5.82 Å². The van der Waals surface area contributed by atoms with Crippen molar-refractivity contribution in [2.24, 2.45) is 0 Å². The van der Waals surface area contributed by atoms with Gasteiger partial charge in [0.1, 0.15) is 11.9 Å². The van der Waals surface area contributed by atoms with Gasteiger partial charge in [0.05, 0.1) is 0 Å². The Balaban J connectivity index is 2.37. The molecule has 1 aliphatic heterocycles. The normalized spacial score (nSPS) is 18.6. The Morgan fingerprint density at radius 3 is 2.56 bits per heavy atom. The van der Waals surface area contributed by atoms with Crippen LogP contribution < -0.4 is 0 Å². The van der Waals surface area contributed by atoms with Crippen LogP contribution in [0.2, 0.25) is 5.02 Å². The highest BCUT2D eigenvalue weighted by molar-refractivity contribution is 6.31. The molecule has 2 rings (SSSR count).